The Kier molecular flexibility index (Phi) is 3.37. The van der Waals surface area contributed by atoms with Gasteiger partial charge in [0.1, 0.15) is 11.6 Å². The second-order valence-corrected chi connectivity index (χ2v) is 2.99. The van der Waals surface area contributed by atoms with E-state index >= 15 is 0 Å². The van der Waals surface area contributed by atoms with Gasteiger partial charge in [-0.15, -0.1) is 0 Å². The Morgan fingerprint density at radius 3 is 2.53 bits per heavy atom. The van der Waals surface area contributed by atoms with Crippen LogP contribution in [0.3, 0.4) is 0 Å². The van der Waals surface area contributed by atoms with Crippen LogP contribution >= 0.6 is 0 Å². The molecule has 0 aromatic heterocycles. The van der Waals surface area contributed by atoms with Gasteiger partial charge in [0.2, 0.25) is 0 Å². The number of nitrogens with zero attached hydrogens (tertiary/aromatic N) is 5. The maximum absolute atomic E-state index is 10.5. The summed E-state index contributed by atoms with van der Waals surface area (Å²) in [5, 5.41) is 22.9. The van der Waals surface area contributed by atoms with Gasteiger partial charge in [0.25, 0.3) is 0 Å². The fraction of sp³-hybridized carbons (Fsp3) is 0.833. The van der Waals surface area contributed by atoms with Crippen LogP contribution in [0.1, 0.15) is 13.3 Å². The third-order valence-corrected chi connectivity index (χ3v) is 1.96. The maximum atomic E-state index is 10.5. The van der Waals surface area contributed by atoms with Crippen LogP contribution in [0.25, 0.3) is 0 Å². The van der Waals surface area contributed by atoms with E-state index in [2.05, 4.69) is 5.10 Å². The van der Waals surface area contributed by atoms with Gasteiger partial charge in [-0.1, -0.05) is 11.9 Å². The molecule has 1 aliphatic rings. The summed E-state index contributed by atoms with van der Waals surface area (Å²) in [6, 6.07) is 0. The molecule has 0 unspecified atom stereocenters. The molecule has 1 fully saturated rings. The van der Waals surface area contributed by atoms with Crippen LogP contribution in [0, 0.1) is 20.2 Å². The summed E-state index contributed by atoms with van der Waals surface area (Å²) >= 11 is 0. The molecule has 15 heavy (non-hydrogen) atoms. The van der Waals surface area contributed by atoms with Crippen LogP contribution in [0.4, 0.5) is 0 Å². The van der Waals surface area contributed by atoms with Crippen molar-refractivity contribution in [3.63, 3.8) is 0 Å². The van der Waals surface area contributed by atoms with E-state index in [0.29, 0.717) is 18.1 Å². The molecule has 9 heteroatoms. The van der Waals surface area contributed by atoms with Crippen LogP contribution < -0.4 is 0 Å². The highest BCUT2D eigenvalue weighted by Gasteiger charge is 2.36. The Morgan fingerprint density at radius 2 is 2.07 bits per heavy atom. The molecule has 0 radical (unpaired) electrons. The highest BCUT2D eigenvalue weighted by Crippen LogP contribution is 2.09. The summed E-state index contributed by atoms with van der Waals surface area (Å²) in [5.74, 6) is -0.188. The molecule has 0 aliphatic carbocycles. The number of hydrazine groups is 1. The summed E-state index contributed by atoms with van der Waals surface area (Å²) in [7, 11) is 0. The first-order chi connectivity index (χ1) is 7.06. The van der Waals surface area contributed by atoms with Crippen LogP contribution in [0.15, 0.2) is 5.10 Å². The maximum Gasteiger partial charge on any atom is 0.334 e. The minimum absolute atomic E-state index is 0.125. The van der Waals surface area contributed by atoms with Crippen molar-refractivity contribution in [3.05, 3.63) is 20.2 Å². The number of hydrogen-bond acceptors (Lipinski definition) is 4. The van der Waals surface area contributed by atoms with Gasteiger partial charge in [0, 0.05) is 13.1 Å². The first kappa shape index (κ1) is 11.1. The minimum atomic E-state index is -0.917. The quantitative estimate of drug-likeness (QED) is 0.475. The van der Waals surface area contributed by atoms with Crippen LogP contribution in [0.5, 0.6) is 0 Å². The molecule has 0 saturated carbocycles. The molecule has 0 aromatic carbocycles. The lowest BCUT2D eigenvalue weighted by atomic mass is 10.4. The molecule has 0 N–H and O–H groups in total. The van der Waals surface area contributed by atoms with E-state index in [9.17, 15) is 20.2 Å². The van der Waals surface area contributed by atoms with Crippen LogP contribution in [-0.2, 0) is 0 Å². The highest BCUT2D eigenvalue weighted by molar-refractivity contribution is 5.80. The SMILES string of the molecule is CCCN1CCN([N+](=O)[O-])/C1=N/[N+](=O)[O-]. The van der Waals surface area contributed by atoms with Crippen LogP contribution in [-0.4, -0.2) is 45.6 Å². The second kappa shape index (κ2) is 4.53. The van der Waals surface area contributed by atoms with Gasteiger partial charge in [-0.25, -0.2) is 20.2 Å². The lowest BCUT2D eigenvalue weighted by Crippen LogP contribution is -2.38. The Morgan fingerprint density at radius 1 is 1.40 bits per heavy atom. The summed E-state index contributed by atoms with van der Waals surface area (Å²) in [6.07, 6.45) is 0.752. The second-order valence-electron chi connectivity index (χ2n) is 2.99. The number of guanidine groups is 1. The van der Waals surface area contributed by atoms with Crippen molar-refractivity contribution >= 4 is 5.96 Å². The number of hydrazone groups is 1. The predicted octanol–water partition coefficient (Wildman–Crippen LogP) is -0.247. The molecule has 1 saturated heterocycles. The normalized spacial score (nSPS) is 18.6. The number of hydrogen-bond donors (Lipinski definition) is 0. The van der Waals surface area contributed by atoms with Gasteiger partial charge < -0.3 is 4.90 Å². The van der Waals surface area contributed by atoms with Crippen molar-refractivity contribution in [2.75, 3.05) is 19.6 Å². The molecule has 0 spiro atoms. The fourth-order valence-electron chi connectivity index (χ4n) is 1.40. The molecule has 1 aliphatic heterocycles. The van der Waals surface area contributed by atoms with E-state index in [0.717, 1.165) is 6.42 Å². The lowest BCUT2D eigenvalue weighted by Gasteiger charge is -2.13. The van der Waals surface area contributed by atoms with E-state index in [4.69, 9.17) is 0 Å². The molecule has 1 heterocycles. The summed E-state index contributed by atoms with van der Waals surface area (Å²) in [6.45, 7) is 2.93. The van der Waals surface area contributed by atoms with Gasteiger partial charge in [-0.2, -0.15) is 0 Å². The van der Waals surface area contributed by atoms with Crippen LogP contribution in [0.2, 0.25) is 0 Å². The lowest BCUT2D eigenvalue weighted by molar-refractivity contribution is -0.628. The molecule has 0 bridgehead atoms. The molecule has 1 rings (SSSR count). The smallest absolute Gasteiger partial charge is 0.331 e. The van der Waals surface area contributed by atoms with Crippen molar-refractivity contribution in [2.45, 2.75) is 13.3 Å². The first-order valence-corrected chi connectivity index (χ1v) is 4.46. The summed E-state index contributed by atoms with van der Waals surface area (Å²) in [4.78, 5) is 22.3. The Balaban J connectivity index is 2.87. The molecule has 84 valence electrons. The first-order valence-electron chi connectivity index (χ1n) is 4.46. The third-order valence-electron chi connectivity index (χ3n) is 1.96. The monoisotopic (exact) mass is 217 g/mol. The van der Waals surface area contributed by atoms with E-state index in [-0.39, 0.29) is 12.5 Å². The molecule has 0 amide bonds. The zero-order valence-corrected chi connectivity index (χ0v) is 8.20. The predicted molar refractivity (Wildman–Crippen MR) is 50.0 cm³/mol. The largest absolute Gasteiger partial charge is 0.334 e. The average molecular weight is 217 g/mol. The average Bonchev–Trinajstić information content (AvgIpc) is 2.48. The molecular weight excluding hydrogens is 206 g/mol. The van der Waals surface area contributed by atoms with Crippen molar-refractivity contribution in [2.24, 2.45) is 5.10 Å². The van der Waals surface area contributed by atoms with E-state index in [1.54, 1.807) is 0 Å². The standard InChI is InChI=1S/C6H11N5O4/c1-2-3-8-4-5-9(11(14)15)6(8)7-10(12)13/h2-5H2,1H3/b7-6+. The van der Waals surface area contributed by atoms with Crippen molar-refractivity contribution in [1.29, 1.82) is 0 Å². The molecule has 0 aromatic rings. The topological polar surface area (TPSA) is 105 Å². The molecule has 0 atom stereocenters. The number of rotatable bonds is 4. The van der Waals surface area contributed by atoms with E-state index in [1.165, 1.54) is 4.90 Å². The third kappa shape index (κ3) is 2.51. The van der Waals surface area contributed by atoms with Gasteiger partial charge in [-0.3, -0.25) is 0 Å². The van der Waals surface area contributed by atoms with E-state index in [1.807, 2.05) is 6.92 Å². The van der Waals surface area contributed by atoms with Gasteiger partial charge in [0.15, 0.2) is 10.1 Å². The fourth-order valence-corrected chi connectivity index (χ4v) is 1.40. The molecular formula is C6H11N5O4. The zero-order chi connectivity index (χ0) is 11.4. The van der Waals surface area contributed by atoms with Gasteiger partial charge >= 0.3 is 5.96 Å². The highest BCUT2D eigenvalue weighted by atomic mass is 16.7. The Hall–Kier alpha value is -1.93. The van der Waals surface area contributed by atoms with Crippen molar-refractivity contribution in [3.8, 4) is 0 Å². The van der Waals surface area contributed by atoms with E-state index < -0.39 is 10.1 Å². The number of nitro groups is 2. The zero-order valence-electron chi connectivity index (χ0n) is 8.20. The van der Waals surface area contributed by atoms with Gasteiger partial charge in [0.05, 0.1) is 0 Å². The molecule has 9 nitrogen and oxygen atoms in total. The minimum Gasteiger partial charge on any atom is -0.331 e. The Labute approximate surface area is 85.2 Å². The summed E-state index contributed by atoms with van der Waals surface area (Å²) < 4.78 is 0. The van der Waals surface area contributed by atoms with Crippen molar-refractivity contribution in [1.82, 2.24) is 9.91 Å². The van der Waals surface area contributed by atoms with Crippen molar-refractivity contribution < 1.29 is 10.1 Å². The van der Waals surface area contributed by atoms with Gasteiger partial charge in [-0.05, 0) is 6.42 Å². The Bertz CT molecular complexity index is 304. The summed E-state index contributed by atoms with van der Waals surface area (Å²) in [5.41, 5.74) is 0.